The summed E-state index contributed by atoms with van der Waals surface area (Å²) >= 11 is 0. The molecule has 9 heteroatoms. The number of nitrogens with zero attached hydrogens (tertiary/aromatic N) is 3. The van der Waals surface area contributed by atoms with Crippen LogP contribution in [-0.4, -0.2) is 69.3 Å². The number of ether oxygens (including phenoxy) is 4. The zero-order valence-electron chi connectivity index (χ0n) is 18.4. The van der Waals surface area contributed by atoms with Crippen LogP contribution in [0.4, 0.5) is 5.69 Å². The monoisotopic (exact) mass is 431 g/mol. The van der Waals surface area contributed by atoms with Gasteiger partial charge in [-0.05, 0) is 12.1 Å². The zero-order chi connectivity index (χ0) is 22.4. The van der Waals surface area contributed by atoms with E-state index >= 15 is 0 Å². The van der Waals surface area contributed by atoms with Crippen molar-refractivity contribution in [2.45, 2.75) is 13.1 Å². The molecule has 0 N–H and O–H groups in total. The molecule has 9 nitrogen and oxygen atoms in total. The van der Waals surface area contributed by atoms with E-state index in [1.54, 1.807) is 20.3 Å². The molecule has 0 radical (unpaired) electrons. The predicted octanol–water partition coefficient (Wildman–Crippen LogP) is 2.95. The van der Waals surface area contributed by atoms with Gasteiger partial charge in [-0.15, -0.1) is 0 Å². The smallest absolute Gasteiger partial charge is 0.277 e. The van der Waals surface area contributed by atoms with Crippen LogP contribution in [0, 0.1) is 10.1 Å². The van der Waals surface area contributed by atoms with Crippen LogP contribution >= 0.6 is 0 Å². The fourth-order valence-electron chi connectivity index (χ4n) is 3.87. The number of hydrogen-bond donors (Lipinski definition) is 0. The third-order valence-corrected chi connectivity index (χ3v) is 5.52. The summed E-state index contributed by atoms with van der Waals surface area (Å²) < 4.78 is 21.5. The highest BCUT2D eigenvalue weighted by Gasteiger charge is 2.24. The highest BCUT2D eigenvalue weighted by molar-refractivity contribution is 5.54. The first-order valence-corrected chi connectivity index (χ1v) is 10.0. The van der Waals surface area contributed by atoms with Crippen LogP contribution in [0.3, 0.4) is 0 Å². The van der Waals surface area contributed by atoms with Crippen LogP contribution in [0.5, 0.6) is 23.0 Å². The number of nitro benzene ring substituents is 1. The number of methoxy groups -OCH3 is 4. The summed E-state index contributed by atoms with van der Waals surface area (Å²) in [4.78, 5) is 15.7. The fourth-order valence-corrected chi connectivity index (χ4v) is 3.87. The molecule has 0 aromatic heterocycles. The Bertz CT molecular complexity index is 912. The highest BCUT2D eigenvalue weighted by atomic mass is 16.6. The Labute approximate surface area is 182 Å². The third kappa shape index (κ3) is 5.18. The van der Waals surface area contributed by atoms with Crippen molar-refractivity contribution in [2.24, 2.45) is 0 Å². The Morgan fingerprint density at radius 2 is 1.35 bits per heavy atom. The van der Waals surface area contributed by atoms with Crippen molar-refractivity contribution in [3.8, 4) is 23.0 Å². The lowest BCUT2D eigenvalue weighted by Gasteiger charge is -2.35. The summed E-state index contributed by atoms with van der Waals surface area (Å²) in [6.45, 7) is 4.54. The second kappa shape index (κ2) is 10.3. The first-order chi connectivity index (χ1) is 15.0. The molecule has 1 aliphatic rings. The average molecular weight is 431 g/mol. The Hall–Kier alpha value is -3.04. The lowest BCUT2D eigenvalue weighted by molar-refractivity contribution is -0.385. The molecule has 2 aromatic carbocycles. The molecule has 2 aromatic rings. The molecule has 0 unspecified atom stereocenters. The predicted molar refractivity (Wildman–Crippen MR) is 116 cm³/mol. The van der Waals surface area contributed by atoms with E-state index in [9.17, 15) is 10.1 Å². The molecular weight excluding hydrogens is 402 g/mol. The van der Waals surface area contributed by atoms with E-state index in [0.717, 1.165) is 49.8 Å². The number of rotatable bonds is 9. The highest BCUT2D eigenvalue weighted by Crippen LogP contribution is 2.35. The summed E-state index contributed by atoms with van der Waals surface area (Å²) in [5, 5.41) is 11.6. The SMILES string of the molecule is COc1cc(CN2CCN(Cc3cccc(OC)c3OC)CC2)c([N+](=O)[O-])cc1OC. The number of hydrogen-bond acceptors (Lipinski definition) is 8. The summed E-state index contributed by atoms with van der Waals surface area (Å²) in [5.74, 6) is 2.33. The van der Waals surface area contributed by atoms with Crippen LogP contribution in [0.15, 0.2) is 30.3 Å². The maximum Gasteiger partial charge on any atom is 0.277 e. The minimum Gasteiger partial charge on any atom is -0.493 e. The van der Waals surface area contributed by atoms with Crippen molar-refractivity contribution >= 4 is 5.69 Å². The van der Waals surface area contributed by atoms with Gasteiger partial charge >= 0.3 is 0 Å². The van der Waals surface area contributed by atoms with Gasteiger partial charge < -0.3 is 18.9 Å². The second-order valence-electron chi connectivity index (χ2n) is 7.30. The van der Waals surface area contributed by atoms with Gasteiger partial charge in [-0.3, -0.25) is 19.9 Å². The summed E-state index contributed by atoms with van der Waals surface area (Å²) in [5.41, 5.74) is 1.73. The van der Waals surface area contributed by atoms with E-state index in [4.69, 9.17) is 18.9 Å². The van der Waals surface area contributed by atoms with E-state index in [1.807, 2.05) is 18.2 Å². The molecule has 1 aliphatic heterocycles. The third-order valence-electron chi connectivity index (χ3n) is 5.52. The van der Waals surface area contributed by atoms with E-state index < -0.39 is 0 Å². The molecular formula is C22H29N3O6. The van der Waals surface area contributed by atoms with Gasteiger partial charge in [-0.2, -0.15) is 0 Å². The van der Waals surface area contributed by atoms with Crippen LogP contribution in [-0.2, 0) is 13.1 Å². The standard InChI is InChI=1S/C22H29N3O6/c1-28-19-7-5-6-16(22(19)31-4)14-23-8-10-24(11-9-23)15-17-12-20(29-2)21(30-3)13-18(17)25(26)27/h5-7,12-13H,8-11,14-15H2,1-4H3. The van der Waals surface area contributed by atoms with E-state index in [1.165, 1.54) is 20.3 Å². The van der Waals surface area contributed by atoms with Gasteiger partial charge in [0.05, 0.1) is 39.4 Å². The molecule has 1 heterocycles. The molecule has 31 heavy (non-hydrogen) atoms. The molecule has 1 saturated heterocycles. The topological polar surface area (TPSA) is 86.5 Å². The van der Waals surface area contributed by atoms with Crippen molar-refractivity contribution in [1.82, 2.24) is 9.80 Å². The fraction of sp³-hybridized carbons (Fsp3) is 0.455. The zero-order valence-corrected chi connectivity index (χ0v) is 18.4. The minimum atomic E-state index is -0.372. The first-order valence-electron chi connectivity index (χ1n) is 10.0. The molecule has 0 bridgehead atoms. The Morgan fingerprint density at radius 1 is 0.806 bits per heavy atom. The number of para-hydroxylation sites is 1. The summed E-state index contributed by atoms with van der Waals surface area (Å²) in [7, 11) is 6.28. The van der Waals surface area contributed by atoms with Gasteiger partial charge in [0.15, 0.2) is 23.0 Å². The number of benzene rings is 2. The van der Waals surface area contributed by atoms with E-state index in [-0.39, 0.29) is 10.6 Å². The van der Waals surface area contributed by atoms with E-state index in [2.05, 4.69) is 9.80 Å². The van der Waals surface area contributed by atoms with E-state index in [0.29, 0.717) is 23.6 Å². The maximum absolute atomic E-state index is 11.6. The van der Waals surface area contributed by atoms with Crippen molar-refractivity contribution in [3.05, 3.63) is 51.6 Å². The van der Waals surface area contributed by atoms with Gasteiger partial charge in [0.25, 0.3) is 5.69 Å². The molecule has 0 amide bonds. The van der Waals surface area contributed by atoms with Gasteiger partial charge in [0.2, 0.25) is 0 Å². The molecule has 0 aliphatic carbocycles. The van der Waals surface area contributed by atoms with Crippen molar-refractivity contribution in [3.63, 3.8) is 0 Å². The van der Waals surface area contributed by atoms with Gasteiger partial charge in [-0.1, -0.05) is 12.1 Å². The van der Waals surface area contributed by atoms with Crippen molar-refractivity contribution < 1.29 is 23.9 Å². The molecule has 0 spiro atoms. The molecule has 3 rings (SSSR count). The van der Waals surface area contributed by atoms with Crippen LogP contribution in [0.1, 0.15) is 11.1 Å². The quantitative estimate of drug-likeness (QED) is 0.443. The lowest BCUT2D eigenvalue weighted by atomic mass is 10.1. The largest absolute Gasteiger partial charge is 0.493 e. The van der Waals surface area contributed by atoms with Crippen molar-refractivity contribution in [1.29, 1.82) is 0 Å². The molecule has 0 saturated carbocycles. The molecule has 168 valence electrons. The molecule has 0 atom stereocenters. The van der Waals surface area contributed by atoms with Gasteiger partial charge in [-0.25, -0.2) is 0 Å². The first kappa shape index (κ1) is 22.6. The van der Waals surface area contributed by atoms with Gasteiger partial charge in [0.1, 0.15) is 0 Å². The normalized spacial score (nSPS) is 14.8. The Kier molecular flexibility index (Phi) is 7.54. The summed E-state index contributed by atoms with van der Waals surface area (Å²) in [6.07, 6.45) is 0. The maximum atomic E-state index is 11.6. The average Bonchev–Trinajstić information content (AvgIpc) is 2.79. The second-order valence-corrected chi connectivity index (χ2v) is 7.30. The van der Waals surface area contributed by atoms with Crippen LogP contribution < -0.4 is 18.9 Å². The number of nitro groups is 1. The number of piperazine rings is 1. The summed E-state index contributed by atoms with van der Waals surface area (Å²) in [6, 6.07) is 9.02. The van der Waals surface area contributed by atoms with Crippen LogP contribution in [0.2, 0.25) is 0 Å². The molecule has 1 fully saturated rings. The Balaban J connectivity index is 1.67. The minimum absolute atomic E-state index is 0.0428. The van der Waals surface area contributed by atoms with Gasteiger partial charge in [0, 0.05) is 50.4 Å². The van der Waals surface area contributed by atoms with Crippen LogP contribution in [0.25, 0.3) is 0 Å². The van der Waals surface area contributed by atoms with Crippen molar-refractivity contribution in [2.75, 3.05) is 54.6 Å². The Morgan fingerprint density at radius 3 is 1.87 bits per heavy atom. The lowest BCUT2D eigenvalue weighted by Crippen LogP contribution is -2.45.